The molecule has 5 heteroatoms. The van der Waals surface area contributed by atoms with Gasteiger partial charge in [-0.15, -0.1) is 10.2 Å². The zero-order valence-electron chi connectivity index (χ0n) is 9.03. The van der Waals surface area contributed by atoms with Gasteiger partial charge in [0.2, 0.25) is 4.47 Å². The second kappa shape index (κ2) is 4.80. The highest BCUT2D eigenvalue weighted by Crippen LogP contribution is 2.22. The first-order valence-corrected chi connectivity index (χ1v) is 6.02. The van der Waals surface area contributed by atoms with Crippen molar-refractivity contribution in [3.8, 4) is 5.75 Å². The second-order valence-corrected chi connectivity index (χ2v) is 5.15. The van der Waals surface area contributed by atoms with E-state index in [2.05, 4.69) is 16.3 Å². The first-order valence-electron chi connectivity index (χ1n) is 4.83. The lowest BCUT2D eigenvalue weighted by Crippen LogP contribution is -1.96. The van der Waals surface area contributed by atoms with Gasteiger partial charge in [-0.1, -0.05) is 23.5 Å². The highest BCUT2D eigenvalue weighted by atomic mass is 35.5. The number of hydrogen-bond donors (Lipinski definition) is 0. The molecule has 3 nitrogen and oxygen atoms in total. The Bertz CT molecular complexity index is 498. The molecule has 16 heavy (non-hydrogen) atoms. The fourth-order valence-electron chi connectivity index (χ4n) is 1.29. The van der Waals surface area contributed by atoms with Crippen LogP contribution in [0.1, 0.15) is 16.1 Å². The number of aromatic nitrogens is 2. The van der Waals surface area contributed by atoms with Crippen LogP contribution < -0.4 is 4.74 Å². The molecule has 0 unspecified atom stereocenters. The molecule has 0 fully saturated rings. The van der Waals surface area contributed by atoms with Crippen LogP contribution in [0.25, 0.3) is 0 Å². The third kappa shape index (κ3) is 2.71. The predicted molar refractivity (Wildman–Crippen MR) is 65.2 cm³/mol. The first kappa shape index (κ1) is 11.4. The van der Waals surface area contributed by atoms with E-state index < -0.39 is 0 Å². The minimum absolute atomic E-state index is 0.411. The molecule has 2 aromatic rings. The van der Waals surface area contributed by atoms with Crippen LogP contribution in [0.2, 0.25) is 4.47 Å². The molecule has 0 amide bonds. The van der Waals surface area contributed by atoms with Gasteiger partial charge in [-0.2, -0.15) is 0 Å². The molecule has 0 atom stereocenters. The second-order valence-electron chi connectivity index (χ2n) is 3.51. The summed E-state index contributed by atoms with van der Waals surface area (Å²) in [6.45, 7) is 4.46. The van der Waals surface area contributed by atoms with Crippen molar-refractivity contribution in [2.45, 2.75) is 20.5 Å². The van der Waals surface area contributed by atoms with Crippen LogP contribution in [0, 0.1) is 13.8 Å². The smallest absolute Gasteiger partial charge is 0.207 e. The SMILES string of the molecule is Cc1ccc(C)c(OCc2nnc(Cl)s2)c1. The van der Waals surface area contributed by atoms with Crippen LogP contribution in [0.3, 0.4) is 0 Å². The van der Waals surface area contributed by atoms with Gasteiger partial charge in [-0.05, 0) is 42.6 Å². The highest BCUT2D eigenvalue weighted by Gasteiger charge is 2.04. The number of ether oxygens (including phenoxy) is 1. The Kier molecular flexibility index (Phi) is 3.41. The molecule has 0 saturated carbocycles. The zero-order chi connectivity index (χ0) is 11.5. The number of hydrogen-bond acceptors (Lipinski definition) is 4. The van der Waals surface area contributed by atoms with Gasteiger partial charge in [-0.3, -0.25) is 0 Å². The summed E-state index contributed by atoms with van der Waals surface area (Å²) in [6.07, 6.45) is 0. The van der Waals surface area contributed by atoms with Crippen LogP contribution in [-0.2, 0) is 6.61 Å². The zero-order valence-corrected chi connectivity index (χ0v) is 10.6. The van der Waals surface area contributed by atoms with Crippen molar-refractivity contribution in [2.24, 2.45) is 0 Å². The number of aryl methyl sites for hydroxylation is 2. The largest absolute Gasteiger partial charge is 0.486 e. The van der Waals surface area contributed by atoms with Crippen molar-refractivity contribution >= 4 is 22.9 Å². The van der Waals surface area contributed by atoms with Crippen molar-refractivity contribution in [2.75, 3.05) is 0 Å². The molecule has 0 radical (unpaired) electrons. The summed E-state index contributed by atoms with van der Waals surface area (Å²) in [5.74, 6) is 0.881. The minimum atomic E-state index is 0.411. The molecule has 84 valence electrons. The van der Waals surface area contributed by atoms with Crippen molar-refractivity contribution < 1.29 is 4.74 Å². The third-order valence-corrected chi connectivity index (χ3v) is 3.13. The van der Waals surface area contributed by atoms with E-state index in [-0.39, 0.29) is 0 Å². The Morgan fingerprint density at radius 3 is 2.81 bits per heavy atom. The summed E-state index contributed by atoms with van der Waals surface area (Å²) in [5.41, 5.74) is 2.29. The Balaban J connectivity index is 2.07. The van der Waals surface area contributed by atoms with Crippen LogP contribution in [0.5, 0.6) is 5.75 Å². The fourth-order valence-corrected chi connectivity index (χ4v) is 2.07. The van der Waals surface area contributed by atoms with Crippen LogP contribution in [0.4, 0.5) is 0 Å². The quantitative estimate of drug-likeness (QED) is 0.842. The number of halogens is 1. The Hall–Kier alpha value is -1.13. The van der Waals surface area contributed by atoms with E-state index >= 15 is 0 Å². The Labute approximate surface area is 103 Å². The lowest BCUT2D eigenvalue weighted by atomic mass is 10.1. The summed E-state index contributed by atoms with van der Waals surface area (Å²) >= 11 is 7.02. The molecule has 0 spiro atoms. The number of nitrogens with zero attached hydrogens (tertiary/aromatic N) is 2. The lowest BCUT2D eigenvalue weighted by Gasteiger charge is -2.07. The van der Waals surface area contributed by atoms with Crippen molar-refractivity contribution in [1.82, 2.24) is 10.2 Å². The van der Waals surface area contributed by atoms with E-state index in [9.17, 15) is 0 Å². The van der Waals surface area contributed by atoms with Crippen LogP contribution >= 0.6 is 22.9 Å². The van der Waals surface area contributed by atoms with Crippen LogP contribution in [-0.4, -0.2) is 10.2 Å². The van der Waals surface area contributed by atoms with Gasteiger partial charge in [0.25, 0.3) is 0 Å². The summed E-state index contributed by atoms with van der Waals surface area (Å²) in [4.78, 5) is 0. The molecule has 2 rings (SSSR count). The maximum Gasteiger partial charge on any atom is 0.207 e. The topological polar surface area (TPSA) is 35.0 Å². The molecular weight excluding hydrogens is 244 g/mol. The minimum Gasteiger partial charge on any atom is -0.486 e. The summed E-state index contributed by atoms with van der Waals surface area (Å²) in [7, 11) is 0. The molecule has 0 aliphatic rings. The molecule has 1 aromatic carbocycles. The van der Waals surface area contributed by atoms with Gasteiger partial charge in [0, 0.05) is 0 Å². The molecule has 0 aliphatic heterocycles. The third-order valence-electron chi connectivity index (χ3n) is 2.14. The van der Waals surface area contributed by atoms with Gasteiger partial charge in [-0.25, -0.2) is 0 Å². The monoisotopic (exact) mass is 254 g/mol. The molecule has 0 bridgehead atoms. The average molecular weight is 255 g/mol. The molecule has 0 saturated heterocycles. The molecular formula is C11H11ClN2OS. The molecule has 0 aliphatic carbocycles. The highest BCUT2D eigenvalue weighted by molar-refractivity contribution is 7.15. The van der Waals surface area contributed by atoms with Gasteiger partial charge < -0.3 is 4.74 Å². The van der Waals surface area contributed by atoms with Crippen molar-refractivity contribution in [1.29, 1.82) is 0 Å². The standard InChI is InChI=1S/C11H11ClN2OS/c1-7-3-4-8(2)9(5-7)15-6-10-13-14-11(12)16-10/h3-5H,6H2,1-2H3. The summed E-state index contributed by atoms with van der Waals surface area (Å²) in [5, 5.41) is 8.40. The van der Waals surface area contributed by atoms with E-state index in [1.807, 2.05) is 26.0 Å². The maximum absolute atomic E-state index is 5.69. The Morgan fingerprint density at radius 1 is 1.31 bits per heavy atom. The maximum atomic E-state index is 5.69. The molecule has 0 N–H and O–H groups in total. The first-order chi connectivity index (χ1) is 7.65. The number of rotatable bonds is 3. The van der Waals surface area contributed by atoms with E-state index in [4.69, 9.17) is 16.3 Å². The van der Waals surface area contributed by atoms with E-state index in [1.54, 1.807) is 0 Å². The lowest BCUT2D eigenvalue weighted by molar-refractivity contribution is 0.302. The van der Waals surface area contributed by atoms with E-state index in [0.29, 0.717) is 11.1 Å². The van der Waals surface area contributed by atoms with E-state index in [1.165, 1.54) is 16.9 Å². The summed E-state index contributed by atoms with van der Waals surface area (Å²) < 4.78 is 6.11. The van der Waals surface area contributed by atoms with Gasteiger partial charge in [0.1, 0.15) is 12.4 Å². The molecule has 1 heterocycles. The van der Waals surface area contributed by atoms with Crippen molar-refractivity contribution in [3.63, 3.8) is 0 Å². The van der Waals surface area contributed by atoms with Crippen LogP contribution in [0.15, 0.2) is 18.2 Å². The average Bonchev–Trinajstić information content (AvgIpc) is 2.66. The van der Waals surface area contributed by atoms with Gasteiger partial charge >= 0.3 is 0 Å². The molecule has 1 aromatic heterocycles. The predicted octanol–water partition coefficient (Wildman–Crippen LogP) is 3.39. The number of benzene rings is 1. The van der Waals surface area contributed by atoms with Gasteiger partial charge in [0.05, 0.1) is 0 Å². The van der Waals surface area contributed by atoms with Crippen molar-refractivity contribution in [3.05, 3.63) is 38.8 Å². The normalized spacial score (nSPS) is 10.4. The summed E-state index contributed by atoms with van der Waals surface area (Å²) in [6, 6.07) is 6.11. The van der Waals surface area contributed by atoms with E-state index in [0.717, 1.165) is 16.3 Å². The fraction of sp³-hybridized carbons (Fsp3) is 0.273. The van der Waals surface area contributed by atoms with Gasteiger partial charge in [0.15, 0.2) is 5.01 Å². The Morgan fingerprint density at radius 2 is 2.12 bits per heavy atom.